The Labute approximate surface area is 201 Å². The fourth-order valence-corrected chi connectivity index (χ4v) is 4.10. The Bertz CT molecular complexity index is 1140. The minimum absolute atomic E-state index is 0.145. The van der Waals surface area contributed by atoms with Gasteiger partial charge in [-0.05, 0) is 92.6 Å². The zero-order valence-electron chi connectivity index (χ0n) is 20.5. The van der Waals surface area contributed by atoms with E-state index in [1.54, 1.807) is 19.1 Å². The fraction of sp³-hybridized carbons (Fsp3) is 0.345. The molecule has 34 heavy (non-hydrogen) atoms. The van der Waals surface area contributed by atoms with Crippen LogP contribution in [-0.2, 0) is 17.8 Å². The van der Waals surface area contributed by atoms with Crippen LogP contribution in [0.25, 0.3) is 11.1 Å². The normalized spacial score (nSPS) is 11.6. The number of rotatable bonds is 11. The SMILES string of the molecule is Cc1ccc(CC(C)(C)NCCCOCc2ccccc2-c2ccc(C(=O)O)c(C)c2)cc1F. The van der Waals surface area contributed by atoms with E-state index in [0.29, 0.717) is 24.3 Å². The third-order valence-electron chi connectivity index (χ3n) is 5.99. The van der Waals surface area contributed by atoms with Gasteiger partial charge in [-0.3, -0.25) is 0 Å². The maximum Gasteiger partial charge on any atom is 0.335 e. The lowest BCUT2D eigenvalue weighted by atomic mass is 9.94. The van der Waals surface area contributed by atoms with Crippen molar-refractivity contribution in [2.24, 2.45) is 0 Å². The first-order valence-corrected chi connectivity index (χ1v) is 11.7. The summed E-state index contributed by atoms with van der Waals surface area (Å²) in [5.41, 5.74) is 5.67. The van der Waals surface area contributed by atoms with Crippen LogP contribution in [0.5, 0.6) is 0 Å². The molecule has 0 bridgehead atoms. The van der Waals surface area contributed by atoms with Gasteiger partial charge in [-0.15, -0.1) is 0 Å². The molecule has 3 aromatic carbocycles. The maximum absolute atomic E-state index is 13.8. The van der Waals surface area contributed by atoms with Gasteiger partial charge in [-0.25, -0.2) is 9.18 Å². The van der Waals surface area contributed by atoms with Crippen LogP contribution in [0.15, 0.2) is 60.7 Å². The summed E-state index contributed by atoms with van der Waals surface area (Å²) >= 11 is 0. The molecule has 0 spiro atoms. The standard InChI is InChI=1S/C29H34FNO3/c1-20-10-11-22(17-27(20)30)18-29(3,4)31-14-7-15-34-19-24-8-5-6-9-26(24)23-12-13-25(28(32)33)21(2)16-23/h5-6,8-13,16-17,31H,7,14-15,18-19H2,1-4H3,(H,32,33). The molecule has 3 aromatic rings. The summed E-state index contributed by atoms with van der Waals surface area (Å²) in [5, 5.41) is 12.8. The van der Waals surface area contributed by atoms with Crippen LogP contribution in [0.4, 0.5) is 4.39 Å². The molecular formula is C29H34FNO3. The average molecular weight is 464 g/mol. The van der Waals surface area contributed by atoms with Crippen LogP contribution in [0.2, 0.25) is 0 Å². The highest BCUT2D eigenvalue weighted by Crippen LogP contribution is 2.26. The molecule has 2 N–H and O–H groups in total. The number of hydrogen-bond donors (Lipinski definition) is 2. The fourth-order valence-electron chi connectivity index (χ4n) is 4.10. The number of hydrogen-bond acceptors (Lipinski definition) is 3. The lowest BCUT2D eigenvalue weighted by molar-refractivity contribution is 0.0696. The largest absolute Gasteiger partial charge is 0.478 e. The van der Waals surface area contributed by atoms with Gasteiger partial charge in [0.05, 0.1) is 12.2 Å². The Balaban J connectivity index is 1.49. The van der Waals surface area contributed by atoms with E-state index in [9.17, 15) is 14.3 Å². The van der Waals surface area contributed by atoms with Crippen molar-refractivity contribution in [3.05, 3.63) is 94.3 Å². The Morgan fingerprint density at radius 2 is 1.79 bits per heavy atom. The van der Waals surface area contributed by atoms with Gasteiger partial charge in [0, 0.05) is 12.1 Å². The summed E-state index contributed by atoms with van der Waals surface area (Å²) in [7, 11) is 0. The van der Waals surface area contributed by atoms with Gasteiger partial charge in [0.1, 0.15) is 5.82 Å². The van der Waals surface area contributed by atoms with Crippen molar-refractivity contribution in [2.75, 3.05) is 13.2 Å². The summed E-state index contributed by atoms with van der Waals surface area (Å²) in [6, 6.07) is 18.9. The molecule has 0 saturated carbocycles. The molecule has 180 valence electrons. The number of carboxylic acids is 1. The van der Waals surface area contributed by atoms with Crippen LogP contribution in [0.1, 0.15) is 52.9 Å². The Hall–Kier alpha value is -3.02. The van der Waals surface area contributed by atoms with E-state index in [0.717, 1.165) is 47.2 Å². The van der Waals surface area contributed by atoms with Crippen LogP contribution in [0.3, 0.4) is 0 Å². The maximum atomic E-state index is 13.8. The smallest absolute Gasteiger partial charge is 0.335 e. The lowest BCUT2D eigenvalue weighted by Gasteiger charge is -2.27. The van der Waals surface area contributed by atoms with E-state index in [2.05, 4.69) is 19.2 Å². The second-order valence-electron chi connectivity index (χ2n) is 9.47. The predicted molar refractivity (Wildman–Crippen MR) is 135 cm³/mol. The molecule has 0 saturated heterocycles. The predicted octanol–water partition coefficient (Wildman–Crippen LogP) is 6.33. The summed E-state index contributed by atoms with van der Waals surface area (Å²) < 4.78 is 19.8. The second kappa shape index (κ2) is 11.4. The molecule has 5 heteroatoms. The summed E-state index contributed by atoms with van der Waals surface area (Å²) in [4.78, 5) is 11.3. The third kappa shape index (κ3) is 6.99. The van der Waals surface area contributed by atoms with E-state index in [1.165, 1.54) is 0 Å². The molecule has 4 nitrogen and oxygen atoms in total. The molecule has 0 fully saturated rings. The number of benzene rings is 3. The van der Waals surface area contributed by atoms with Crippen molar-refractivity contribution >= 4 is 5.97 Å². The molecule has 0 aliphatic carbocycles. The second-order valence-corrected chi connectivity index (χ2v) is 9.47. The van der Waals surface area contributed by atoms with E-state index < -0.39 is 5.97 Å². The first-order valence-electron chi connectivity index (χ1n) is 11.7. The number of carboxylic acid groups (broad SMARTS) is 1. The van der Waals surface area contributed by atoms with Gasteiger partial charge in [0.15, 0.2) is 0 Å². The number of halogens is 1. The first-order chi connectivity index (χ1) is 16.2. The minimum Gasteiger partial charge on any atom is -0.478 e. The zero-order chi connectivity index (χ0) is 24.7. The highest BCUT2D eigenvalue weighted by atomic mass is 19.1. The summed E-state index contributed by atoms with van der Waals surface area (Å²) in [6.45, 7) is 9.75. The monoisotopic (exact) mass is 463 g/mol. The zero-order valence-corrected chi connectivity index (χ0v) is 20.5. The van der Waals surface area contributed by atoms with E-state index >= 15 is 0 Å². The van der Waals surface area contributed by atoms with Gasteiger partial charge in [-0.2, -0.15) is 0 Å². The Morgan fingerprint density at radius 1 is 1.03 bits per heavy atom. The quantitative estimate of drug-likeness (QED) is 0.327. The number of aromatic carboxylic acids is 1. The van der Waals surface area contributed by atoms with Crippen molar-refractivity contribution < 1.29 is 19.0 Å². The molecule has 3 rings (SSSR count). The van der Waals surface area contributed by atoms with Crippen LogP contribution >= 0.6 is 0 Å². The van der Waals surface area contributed by atoms with Crippen LogP contribution in [-0.4, -0.2) is 29.8 Å². The number of ether oxygens (including phenoxy) is 1. The number of carbonyl (C=O) groups is 1. The molecule has 0 radical (unpaired) electrons. The van der Waals surface area contributed by atoms with Gasteiger partial charge < -0.3 is 15.2 Å². The minimum atomic E-state index is -0.913. The molecule has 0 aromatic heterocycles. The van der Waals surface area contributed by atoms with Gasteiger partial charge in [0.2, 0.25) is 0 Å². The van der Waals surface area contributed by atoms with E-state index in [-0.39, 0.29) is 11.4 Å². The van der Waals surface area contributed by atoms with Crippen molar-refractivity contribution in [3.8, 4) is 11.1 Å². The van der Waals surface area contributed by atoms with Crippen LogP contribution in [0, 0.1) is 19.7 Å². The van der Waals surface area contributed by atoms with Crippen molar-refractivity contribution in [2.45, 2.75) is 52.7 Å². The molecule has 0 amide bonds. The number of aryl methyl sites for hydroxylation is 2. The topological polar surface area (TPSA) is 58.6 Å². The van der Waals surface area contributed by atoms with Crippen molar-refractivity contribution in [1.29, 1.82) is 0 Å². The van der Waals surface area contributed by atoms with Crippen molar-refractivity contribution in [3.63, 3.8) is 0 Å². The Morgan fingerprint density at radius 3 is 2.50 bits per heavy atom. The highest BCUT2D eigenvalue weighted by molar-refractivity contribution is 5.90. The molecule has 0 aliphatic rings. The number of nitrogens with one attached hydrogen (secondary N) is 1. The third-order valence-corrected chi connectivity index (χ3v) is 5.99. The van der Waals surface area contributed by atoms with Gasteiger partial charge in [-0.1, -0.05) is 48.5 Å². The average Bonchev–Trinajstić information content (AvgIpc) is 2.78. The first kappa shape index (κ1) is 25.6. The molecular weight excluding hydrogens is 429 g/mol. The summed E-state index contributed by atoms with van der Waals surface area (Å²) in [5.74, 6) is -1.07. The molecule has 0 unspecified atom stereocenters. The van der Waals surface area contributed by atoms with Crippen molar-refractivity contribution in [1.82, 2.24) is 5.32 Å². The summed E-state index contributed by atoms with van der Waals surface area (Å²) in [6.07, 6.45) is 1.61. The highest BCUT2D eigenvalue weighted by Gasteiger charge is 2.18. The molecule has 0 atom stereocenters. The molecule has 0 heterocycles. The van der Waals surface area contributed by atoms with Gasteiger partial charge in [0.25, 0.3) is 0 Å². The Kier molecular flexibility index (Phi) is 8.59. The molecule has 0 aliphatic heterocycles. The van der Waals surface area contributed by atoms with E-state index in [1.807, 2.05) is 55.5 Å². The van der Waals surface area contributed by atoms with E-state index in [4.69, 9.17) is 4.74 Å². The van der Waals surface area contributed by atoms with Crippen LogP contribution < -0.4 is 5.32 Å². The lowest BCUT2D eigenvalue weighted by Crippen LogP contribution is -2.42. The van der Waals surface area contributed by atoms with Gasteiger partial charge >= 0.3 is 5.97 Å².